The molecule has 3 saturated carbocycles. The molecule has 0 aliphatic heterocycles. The molecule has 1 aromatic carbocycles. The van der Waals surface area contributed by atoms with Crippen molar-refractivity contribution in [2.45, 2.75) is 82.1 Å². The first-order chi connectivity index (χ1) is 14.9. The van der Waals surface area contributed by atoms with Crippen LogP contribution in [0.3, 0.4) is 0 Å². The molecular formula is C27H38O3S. The minimum absolute atomic E-state index is 0.115. The second-order valence-electron chi connectivity index (χ2n) is 11.1. The van der Waals surface area contributed by atoms with E-state index in [1.165, 1.54) is 38.5 Å². The zero-order valence-electron chi connectivity index (χ0n) is 18.9. The molecule has 4 heteroatoms. The summed E-state index contributed by atoms with van der Waals surface area (Å²) >= 11 is 0. The van der Waals surface area contributed by atoms with Crippen molar-refractivity contribution in [3.8, 4) is 0 Å². The maximum Gasteiger partial charge on any atom is 0.178 e. The van der Waals surface area contributed by atoms with Crippen LogP contribution in [0, 0.1) is 35.0 Å². The average Bonchev–Trinajstić information content (AvgIpc) is 3.10. The molecule has 4 aliphatic carbocycles. The number of aliphatic hydroxyl groups is 1. The van der Waals surface area contributed by atoms with Gasteiger partial charge in [0.2, 0.25) is 0 Å². The molecule has 170 valence electrons. The highest BCUT2D eigenvalue weighted by atomic mass is 32.2. The summed E-state index contributed by atoms with van der Waals surface area (Å²) in [6, 6.07) is 8.93. The van der Waals surface area contributed by atoms with Gasteiger partial charge in [-0.25, -0.2) is 8.42 Å². The third-order valence-electron chi connectivity index (χ3n) is 9.68. The smallest absolute Gasteiger partial charge is 0.178 e. The van der Waals surface area contributed by atoms with Crippen LogP contribution in [0.2, 0.25) is 0 Å². The maximum absolute atomic E-state index is 12.7. The molecule has 1 aromatic rings. The fourth-order valence-electron chi connectivity index (χ4n) is 8.10. The highest BCUT2D eigenvalue weighted by Gasteiger charge is 2.55. The van der Waals surface area contributed by atoms with Gasteiger partial charge >= 0.3 is 0 Å². The maximum atomic E-state index is 12.7. The Labute approximate surface area is 188 Å². The molecule has 0 spiro atoms. The van der Waals surface area contributed by atoms with E-state index < -0.39 is 9.84 Å². The first-order valence-electron chi connectivity index (χ1n) is 12.5. The van der Waals surface area contributed by atoms with Crippen LogP contribution in [0.25, 0.3) is 0 Å². The van der Waals surface area contributed by atoms with E-state index in [1.807, 2.05) is 18.2 Å². The van der Waals surface area contributed by atoms with Crippen molar-refractivity contribution in [3.63, 3.8) is 0 Å². The Bertz CT molecular complexity index is 921. The first-order valence-corrected chi connectivity index (χ1v) is 14.2. The Morgan fingerprint density at radius 2 is 1.84 bits per heavy atom. The van der Waals surface area contributed by atoms with Crippen molar-refractivity contribution in [2.24, 2.45) is 35.0 Å². The van der Waals surface area contributed by atoms with Gasteiger partial charge in [0, 0.05) is 0 Å². The van der Waals surface area contributed by atoms with Gasteiger partial charge in [0.05, 0.1) is 16.8 Å². The molecule has 0 saturated heterocycles. The fraction of sp³-hybridized carbons (Fsp3) is 0.704. The average molecular weight is 443 g/mol. The molecular weight excluding hydrogens is 404 g/mol. The van der Waals surface area contributed by atoms with Crippen LogP contribution in [-0.2, 0) is 9.84 Å². The number of aliphatic hydroxyl groups excluding tert-OH is 1. The van der Waals surface area contributed by atoms with Crippen LogP contribution in [0.15, 0.2) is 46.9 Å². The van der Waals surface area contributed by atoms with Crippen molar-refractivity contribution in [3.05, 3.63) is 42.0 Å². The van der Waals surface area contributed by atoms with Crippen molar-refractivity contribution in [2.75, 3.05) is 5.75 Å². The van der Waals surface area contributed by atoms with Gasteiger partial charge in [-0.05, 0) is 111 Å². The van der Waals surface area contributed by atoms with E-state index in [0.29, 0.717) is 16.2 Å². The van der Waals surface area contributed by atoms with Gasteiger partial charge in [-0.2, -0.15) is 0 Å². The summed E-state index contributed by atoms with van der Waals surface area (Å²) in [4.78, 5) is 0.466. The number of hydrogen-bond acceptors (Lipinski definition) is 3. The van der Waals surface area contributed by atoms with E-state index in [4.69, 9.17) is 0 Å². The standard InChI is InChI=1S/C27H38O3S/c1-27-16-15-24-23-13-11-21(28)18-19(23)9-12-25(24)26(27)14-10-20(27)6-5-17-31(29,30)22-7-3-2-4-8-22/h2-4,7-9,20-21,23-26,28H,5-6,10-18H2,1H3. The normalized spacial score (nSPS) is 39.9. The van der Waals surface area contributed by atoms with Gasteiger partial charge in [0.1, 0.15) is 0 Å². The second-order valence-corrected chi connectivity index (χ2v) is 13.2. The van der Waals surface area contributed by atoms with Gasteiger partial charge in [-0.3, -0.25) is 0 Å². The molecule has 0 heterocycles. The van der Waals surface area contributed by atoms with Crippen LogP contribution in [0.5, 0.6) is 0 Å². The lowest BCUT2D eigenvalue weighted by molar-refractivity contribution is -0.0196. The summed E-state index contributed by atoms with van der Waals surface area (Å²) in [5, 5.41) is 10.1. The van der Waals surface area contributed by atoms with Crippen LogP contribution in [0.1, 0.15) is 71.1 Å². The third-order valence-corrected chi connectivity index (χ3v) is 11.5. The Hall–Kier alpha value is -1.13. The van der Waals surface area contributed by atoms with E-state index in [1.54, 1.807) is 17.7 Å². The molecule has 3 nitrogen and oxygen atoms in total. The molecule has 31 heavy (non-hydrogen) atoms. The van der Waals surface area contributed by atoms with Crippen molar-refractivity contribution >= 4 is 9.84 Å². The summed E-state index contributed by atoms with van der Waals surface area (Å²) in [6.07, 6.45) is 13.7. The third kappa shape index (κ3) is 3.93. The molecule has 0 aromatic heterocycles. The number of sulfone groups is 1. The van der Waals surface area contributed by atoms with Crippen molar-refractivity contribution in [1.82, 2.24) is 0 Å². The van der Waals surface area contributed by atoms with Gasteiger partial charge in [0.25, 0.3) is 0 Å². The van der Waals surface area contributed by atoms with Gasteiger partial charge in [-0.15, -0.1) is 0 Å². The van der Waals surface area contributed by atoms with Gasteiger partial charge < -0.3 is 5.11 Å². The monoisotopic (exact) mass is 442 g/mol. The molecule has 4 aliphatic rings. The highest BCUT2D eigenvalue weighted by Crippen LogP contribution is 2.64. The molecule has 7 unspecified atom stereocenters. The zero-order valence-corrected chi connectivity index (χ0v) is 19.7. The molecule has 5 rings (SSSR count). The Morgan fingerprint density at radius 1 is 1.03 bits per heavy atom. The van der Waals surface area contributed by atoms with Crippen LogP contribution >= 0.6 is 0 Å². The topological polar surface area (TPSA) is 54.4 Å². The Balaban J connectivity index is 1.24. The number of rotatable bonds is 5. The van der Waals surface area contributed by atoms with Crippen LogP contribution in [0.4, 0.5) is 0 Å². The molecule has 7 atom stereocenters. The summed E-state index contributed by atoms with van der Waals surface area (Å²) in [6.45, 7) is 2.53. The second kappa shape index (κ2) is 8.33. The zero-order chi connectivity index (χ0) is 21.6. The van der Waals surface area contributed by atoms with Crippen LogP contribution in [-0.4, -0.2) is 25.4 Å². The van der Waals surface area contributed by atoms with E-state index in [2.05, 4.69) is 13.0 Å². The van der Waals surface area contributed by atoms with E-state index in [9.17, 15) is 13.5 Å². The number of allylic oxidation sites excluding steroid dienone is 1. The number of hydrogen-bond donors (Lipinski definition) is 1. The Kier molecular flexibility index (Phi) is 5.83. The summed E-state index contributed by atoms with van der Waals surface area (Å²) in [5.74, 6) is 4.09. The largest absolute Gasteiger partial charge is 0.393 e. The van der Waals surface area contributed by atoms with E-state index >= 15 is 0 Å². The number of fused-ring (bicyclic) bond motifs is 5. The van der Waals surface area contributed by atoms with Gasteiger partial charge in [0.15, 0.2) is 9.84 Å². The van der Waals surface area contributed by atoms with Crippen LogP contribution < -0.4 is 0 Å². The Morgan fingerprint density at radius 3 is 2.65 bits per heavy atom. The summed E-state index contributed by atoms with van der Waals surface area (Å²) in [5.41, 5.74) is 1.95. The molecule has 0 bridgehead atoms. The summed E-state index contributed by atoms with van der Waals surface area (Å²) in [7, 11) is -3.17. The van der Waals surface area contributed by atoms with E-state index in [0.717, 1.165) is 49.4 Å². The van der Waals surface area contributed by atoms with Gasteiger partial charge in [-0.1, -0.05) is 36.8 Å². The highest BCUT2D eigenvalue weighted by molar-refractivity contribution is 7.91. The molecule has 3 fully saturated rings. The molecule has 1 N–H and O–H groups in total. The predicted octanol–water partition coefficient (Wildman–Crippen LogP) is 5.79. The molecule has 0 radical (unpaired) electrons. The molecule has 0 amide bonds. The van der Waals surface area contributed by atoms with Crippen molar-refractivity contribution in [1.29, 1.82) is 0 Å². The lowest BCUT2D eigenvalue weighted by atomic mass is 9.51. The quantitative estimate of drug-likeness (QED) is 0.587. The minimum Gasteiger partial charge on any atom is -0.393 e. The lowest BCUT2D eigenvalue weighted by Gasteiger charge is -2.54. The number of benzene rings is 1. The lowest BCUT2D eigenvalue weighted by Crippen LogP contribution is -2.46. The fourth-order valence-corrected chi connectivity index (χ4v) is 9.45. The minimum atomic E-state index is -3.17. The SMILES string of the molecule is CC12CCC3C4CCC(O)CC4=CCC3C1CCC2CCCS(=O)(=O)c1ccccc1. The van der Waals surface area contributed by atoms with E-state index in [-0.39, 0.29) is 11.9 Å². The predicted molar refractivity (Wildman–Crippen MR) is 124 cm³/mol. The first kappa shape index (κ1) is 21.7. The van der Waals surface area contributed by atoms with Crippen molar-refractivity contribution < 1.29 is 13.5 Å². The summed E-state index contributed by atoms with van der Waals surface area (Å²) < 4.78 is 25.4.